The van der Waals surface area contributed by atoms with Crippen LogP contribution in [0.1, 0.15) is 40.0 Å². The predicted octanol–water partition coefficient (Wildman–Crippen LogP) is 3.83. The Balaban J connectivity index is 2.52. The van der Waals surface area contributed by atoms with Gasteiger partial charge in [0.25, 0.3) is 0 Å². The van der Waals surface area contributed by atoms with Crippen LogP contribution in [-0.2, 0) is 0 Å². The van der Waals surface area contributed by atoms with Crippen LogP contribution in [0.3, 0.4) is 0 Å². The number of aliphatic hydroxyl groups is 1. The number of hydrogen-bond donors (Lipinski definition) is 1. The standard InChI is InChI=1S/C12H20O/c1-9(2)8-10(3)11-4-6-12(13)7-5-11/h4,6,9-10,13H,5,7-8H2,1-3H3. The molecule has 1 N–H and O–H groups in total. The summed E-state index contributed by atoms with van der Waals surface area (Å²) in [5.74, 6) is 1.96. The molecule has 1 rings (SSSR count). The molecular formula is C12H20O. The van der Waals surface area contributed by atoms with Crippen molar-refractivity contribution in [1.29, 1.82) is 0 Å². The Bertz CT molecular complexity index is 223. The van der Waals surface area contributed by atoms with Crippen molar-refractivity contribution < 1.29 is 5.11 Å². The molecule has 1 aliphatic carbocycles. The van der Waals surface area contributed by atoms with Gasteiger partial charge in [-0.2, -0.15) is 0 Å². The summed E-state index contributed by atoms with van der Waals surface area (Å²) in [5.41, 5.74) is 1.49. The third kappa shape index (κ3) is 3.25. The zero-order valence-electron chi connectivity index (χ0n) is 8.88. The van der Waals surface area contributed by atoms with Crippen LogP contribution in [0.4, 0.5) is 0 Å². The van der Waals surface area contributed by atoms with Gasteiger partial charge in [0.05, 0.1) is 5.76 Å². The number of hydrogen-bond acceptors (Lipinski definition) is 1. The molecule has 1 unspecified atom stereocenters. The molecule has 0 aliphatic heterocycles. The normalized spacial score (nSPS) is 19.7. The SMILES string of the molecule is CC(C)CC(C)C1=CC=C(O)CC1. The Hall–Kier alpha value is -0.720. The van der Waals surface area contributed by atoms with Crippen molar-refractivity contribution in [3.8, 4) is 0 Å². The third-order valence-electron chi connectivity index (χ3n) is 2.62. The van der Waals surface area contributed by atoms with Gasteiger partial charge in [0.2, 0.25) is 0 Å². The lowest BCUT2D eigenvalue weighted by atomic mass is 9.87. The molecule has 13 heavy (non-hydrogen) atoms. The molecule has 74 valence electrons. The van der Waals surface area contributed by atoms with Crippen molar-refractivity contribution in [3.63, 3.8) is 0 Å². The van der Waals surface area contributed by atoms with E-state index in [1.54, 1.807) is 0 Å². The van der Waals surface area contributed by atoms with Crippen LogP contribution in [-0.4, -0.2) is 5.11 Å². The van der Waals surface area contributed by atoms with Gasteiger partial charge in [-0.1, -0.05) is 32.4 Å². The molecule has 0 heterocycles. The Morgan fingerprint density at radius 2 is 1.92 bits per heavy atom. The van der Waals surface area contributed by atoms with Gasteiger partial charge in [-0.25, -0.2) is 0 Å². The molecule has 0 radical (unpaired) electrons. The van der Waals surface area contributed by atoms with Crippen molar-refractivity contribution in [2.45, 2.75) is 40.0 Å². The fraction of sp³-hybridized carbons (Fsp3) is 0.667. The molecular weight excluding hydrogens is 160 g/mol. The van der Waals surface area contributed by atoms with Gasteiger partial charge in [0.15, 0.2) is 0 Å². The summed E-state index contributed by atoms with van der Waals surface area (Å²) in [5, 5.41) is 9.21. The lowest BCUT2D eigenvalue weighted by Gasteiger charge is -2.19. The maximum Gasteiger partial charge on any atom is 0.0925 e. The highest BCUT2D eigenvalue weighted by Crippen LogP contribution is 2.27. The molecule has 1 aliphatic rings. The maximum absolute atomic E-state index is 9.21. The fourth-order valence-electron chi connectivity index (χ4n) is 1.91. The highest BCUT2D eigenvalue weighted by molar-refractivity contribution is 5.21. The van der Waals surface area contributed by atoms with Crippen LogP contribution >= 0.6 is 0 Å². The lowest BCUT2D eigenvalue weighted by molar-refractivity contribution is 0.379. The van der Waals surface area contributed by atoms with E-state index >= 15 is 0 Å². The summed E-state index contributed by atoms with van der Waals surface area (Å²) in [4.78, 5) is 0. The van der Waals surface area contributed by atoms with E-state index in [1.165, 1.54) is 12.0 Å². The Kier molecular flexibility index (Phi) is 3.58. The van der Waals surface area contributed by atoms with Gasteiger partial charge in [-0.15, -0.1) is 0 Å². The van der Waals surface area contributed by atoms with Crippen molar-refractivity contribution in [2.75, 3.05) is 0 Å². The monoisotopic (exact) mass is 180 g/mol. The quantitative estimate of drug-likeness (QED) is 0.699. The minimum atomic E-state index is 0.528. The minimum Gasteiger partial charge on any atom is -0.512 e. The van der Waals surface area contributed by atoms with E-state index in [-0.39, 0.29) is 0 Å². The lowest BCUT2D eigenvalue weighted by Crippen LogP contribution is -2.06. The van der Waals surface area contributed by atoms with E-state index in [2.05, 4.69) is 26.8 Å². The molecule has 1 heteroatoms. The molecule has 1 nitrogen and oxygen atoms in total. The van der Waals surface area contributed by atoms with E-state index in [9.17, 15) is 5.11 Å². The van der Waals surface area contributed by atoms with Crippen LogP contribution < -0.4 is 0 Å². The van der Waals surface area contributed by atoms with E-state index < -0.39 is 0 Å². The summed E-state index contributed by atoms with van der Waals surface area (Å²) in [6.07, 6.45) is 7.05. The zero-order chi connectivity index (χ0) is 9.84. The Morgan fingerprint density at radius 3 is 2.38 bits per heavy atom. The summed E-state index contributed by atoms with van der Waals surface area (Å²) < 4.78 is 0. The Labute approximate surface area is 81.2 Å². The second-order valence-corrected chi connectivity index (χ2v) is 4.43. The topological polar surface area (TPSA) is 20.2 Å². The van der Waals surface area contributed by atoms with Gasteiger partial charge in [0, 0.05) is 6.42 Å². The van der Waals surface area contributed by atoms with Crippen molar-refractivity contribution in [1.82, 2.24) is 0 Å². The number of aliphatic hydroxyl groups excluding tert-OH is 1. The average Bonchev–Trinajstić information content (AvgIpc) is 2.04. The first kappa shape index (κ1) is 10.4. The third-order valence-corrected chi connectivity index (χ3v) is 2.62. The number of allylic oxidation sites excluding steroid dienone is 4. The largest absolute Gasteiger partial charge is 0.512 e. The van der Waals surface area contributed by atoms with E-state index in [4.69, 9.17) is 0 Å². The van der Waals surface area contributed by atoms with Crippen molar-refractivity contribution >= 4 is 0 Å². The molecule has 0 bridgehead atoms. The molecule has 0 aromatic carbocycles. The Morgan fingerprint density at radius 1 is 1.23 bits per heavy atom. The van der Waals surface area contributed by atoms with Crippen LogP contribution in [0.2, 0.25) is 0 Å². The molecule has 0 aromatic rings. The summed E-state index contributed by atoms with van der Waals surface area (Å²) in [7, 11) is 0. The van der Waals surface area contributed by atoms with Gasteiger partial charge < -0.3 is 5.11 Å². The summed E-state index contributed by atoms with van der Waals surface area (Å²) in [6, 6.07) is 0. The molecule has 1 atom stereocenters. The molecule has 0 amide bonds. The zero-order valence-corrected chi connectivity index (χ0v) is 8.88. The highest BCUT2D eigenvalue weighted by Gasteiger charge is 2.13. The van der Waals surface area contributed by atoms with E-state index in [0.29, 0.717) is 11.7 Å². The van der Waals surface area contributed by atoms with Crippen molar-refractivity contribution in [2.24, 2.45) is 11.8 Å². The van der Waals surface area contributed by atoms with Gasteiger partial charge in [0.1, 0.15) is 0 Å². The van der Waals surface area contributed by atoms with Gasteiger partial charge >= 0.3 is 0 Å². The van der Waals surface area contributed by atoms with Gasteiger partial charge in [-0.05, 0) is 30.8 Å². The minimum absolute atomic E-state index is 0.528. The summed E-state index contributed by atoms with van der Waals surface area (Å²) in [6.45, 7) is 6.79. The maximum atomic E-state index is 9.21. The second-order valence-electron chi connectivity index (χ2n) is 4.43. The summed E-state index contributed by atoms with van der Waals surface area (Å²) >= 11 is 0. The first-order valence-corrected chi connectivity index (χ1v) is 5.18. The average molecular weight is 180 g/mol. The fourth-order valence-corrected chi connectivity index (χ4v) is 1.91. The molecule has 0 saturated carbocycles. The first-order valence-electron chi connectivity index (χ1n) is 5.18. The van der Waals surface area contributed by atoms with E-state index in [1.807, 2.05) is 6.08 Å². The molecule has 0 saturated heterocycles. The highest BCUT2D eigenvalue weighted by atomic mass is 16.3. The smallest absolute Gasteiger partial charge is 0.0925 e. The van der Waals surface area contributed by atoms with E-state index in [0.717, 1.165) is 18.8 Å². The van der Waals surface area contributed by atoms with Crippen molar-refractivity contribution in [3.05, 3.63) is 23.5 Å². The number of rotatable bonds is 3. The van der Waals surface area contributed by atoms with Crippen LogP contribution in [0.25, 0.3) is 0 Å². The van der Waals surface area contributed by atoms with Crippen LogP contribution in [0.15, 0.2) is 23.5 Å². The van der Waals surface area contributed by atoms with Gasteiger partial charge in [-0.3, -0.25) is 0 Å². The molecule has 0 spiro atoms. The molecule has 0 fully saturated rings. The predicted molar refractivity (Wildman–Crippen MR) is 56.6 cm³/mol. The molecule has 0 aromatic heterocycles. The van der Waals surface area contributed by atoms with Crippen LogP contribution in [0.5, 0.6) is 0 Å². The van der Waals surface area contributed by atoms with Crippen LogP contribution in [0, 0.1) is 11.8 Å². The second kappa shape index (κ2) is 4.50. The first-order chi connectivity index (χ1) is 6.09.